The van der Waals surface area contributed by atoms with Gasteiger partial charge < -0.3 is 14.9 Å². The molecule has 8 heteroatoms. The lowest BCUT2D eigenvalue weighted by molar-refractivity contribution is -0.529. The zero-order chi connectivity index (χ0) is 16.1. The Morgan fingerprint density at radius 2 is 2.23 bits per heavy atom. The van der Waals surface area contributed by atoms with E-state index in [1.54, 1.807) is 10.8 Å². The highest BCUT2D eigenvalue weighted by Gasteiger charge is 2.34. The summed E-state index contributed by atoms with van der Waals surface area (Å²) in [6.45, 7) is 0.902. The van der Waals surface area contributed by atoms with Crippen molar-refractivity contribution in [3.63, 3.8) is 0 Å². The summed E-state index contributed by atoms with van der Waals surface area (Å²) in [5, 5.41) is 18.1. The Bertz CT molecular complexity index is 578. The molecule has 2 aliphatic rings. The number of carbonyl (C=O) groups is 3. The van der Waals surface area contributed by atoms with Gasteiger partial charge in [0.05, 0.1) is 0 Å². The van der Waals surface area contributed by atoms with E-state index in [2.05, 4.69) is 4.99 Å². The van der Waals surface area contributed by atoms with Crippen LogP contribution in [0.25, 0.3) is 0 Å². The number of ether oxygens (including phenoxy) is 1. The third kappa shape index (κ3) is 3.78. The SMILES string of the molecule is O=CO[C@H]1CC(CC=[N+]2CCC[C@H]2C(=O)O)=CC(C(=O)O)=N1. The number of hydrogen-bond donors (Lipinski definition) is 2. The fraction of sp³-hybridized carbons (Fsp3) is 0.500. The summed E-state index contributed by atoms with van der Waals surface area (Å²) in [6.07, 6.45) is 4.47. The van der Waals surface area contributed by atoms with Crippen LogP contribution in [-0.2, 0) is 19.1 Å². The number of aliphatic imine (C=N–C) groups is 1. The van der Waals surface area contributed by atoms with Crippen LogP contribution in [0.2, 0.25) is 0 Å². The predicted octanol–water partition coefficient (Wildman–Crippen LogP) is 0.0616. The lowest BCUT2D eigenvalue weighted by atomic mass is 10.0. The molecular formula is C14H17N2O6+. The number of dihydropyridines is 1. The smallest absolute Gasteiger partial charge is 0.372 e. The first-order valence-electron chi connectivity index (χ1n) is 6.92. The minimum absolute atomic E-state index is 0.169. The Balaban J connectivity index is 2.11. The van der Waals surface area contributed by atoms with Gasteiger partial charge in [-0.1, -0.05) is 5.57 Å². The predicted molar refractivity (Wildman–Crippen MR) is 75.2 cm³/mol. The van der Waals surface area contributed by atoms with Gasteiger partial charge in [0, 0.05) is 25.7 Å². The van der Waals surface area contributed by atoms with Crippen molar-refractivity contribution >= 4 is 30.3 Å². The van der Waals surface area contributed by atoms with E-state index >= 15 is 0 Å². The third-order valence-corrected chi connectivity index (χ3v) is 3.66. The molecule has 118 valence electrons. The number of carboxylic acid groups (broad SMARTS) is 2. The first-order valence-corrected chi connectivity index (χ1v) is 6.92. The molecule has 2 atom stereocenters. The molecule has 0 aromatic rings. The standard InChI is InChI=1S/C14H16N2O6/c17-8-22-12-7-9(6-10(15-12)13(18)19)3-5-16-4-1-2-11(16)14(20)21/h5-6,8,11-12H,1-4,7H2,(H-,18,19,20,21)/p+1/t11-,12-/m0/s1. The molecule has 0 unspecified atom stereocenters. The number of aliphatic carboxylic acids is 2. The number of carboxylic acids is 2. The zero-order valence-electron chi connectivity index (χ0n) is 11.8. The van der Waals surface area contributed by atoms with Crippen LogP contribution < -0.4 is 0 Å². The summed E-state index contributed by atoms with van der Waals surface area (Å²) in [7, 11) is 0. The molecule has 0 saturated carbocycles. The van der Waals surface area contributed by atoms with E-state index in [0.29, 0.717) is 25.8 Å². The number of rotatable bonds is 6. The summed E-state index contributed by atoms with van der Waals surface area (Å²) in [5.41, 5.74) is 0.563. The van der Waals surface area contributed by atoms with Crippen molar-refractivity contribution in [3.8, 4) is 0 Å². The maximum Gasteiger partial charge on any atom is 0.372 e. The molecule has 0 aliphatic carbocycles. The lowest BCUT2D eigenvalue weighted by Crippen LogP contribution is -2.29. The molecular weight excluding hydrogens is 292 g/mol. The van der Waals surface area contributed by atoms with Crippen LogP contribution in [0, 0.1) is 0 Å². The summed E-state index contributed by atoms with van der Waals surface area (Å²) in [4.78, 5) is 36.4. The first kappa shape index (κ1) is 15.9. The average molecular weight is 309 g/mol. The monoisotopic (exact) mass is 309 g/mol. The Hall–Kier alpha value is -2.51. The third-order valence-electron chi connectivity index (χ3n) is 3.66. The van der Waals surface area contributed by atoms with Gasteiger partial charge in [0.25, 0.3) is 6.47 Å². The van der Waals surface area contributed by atoms with Crippen molar-refractivity contribution in [1.29, 1.82) is 0 Å². The highest BCUT2D eigenvalue weighted by molar-refractivity contribution is 6.40. The summed E-state index contributed by atoms with van der Waals surface area (Å²) in [6, 6.07) is -0.529. The second-order valence-corrected chi connectivity index (χ2v) is 5.13. The maximum atomic E-state index is 11.1. The van der Waals surface area contributed by atoms with E-state index in [1.807, 2.05) is 0 Å². The van der Waals surface area contributed by atoms with Gasteiger partial charge in [-0.05, 0) is 6.08 Å². The van der Waals surface area contributed by atoms with Gasteiger partial charge >= 0.3 is 11.9 Å². The maximum absolute atomic E-state index is 11.1. The summed E-state index contributed by atoms with van der Waals surface area (Å²) in [5.74, 6) is -2.05. The highest BCUT2D eigenvalue weighted by atomic mass is 16.5. The number of nitrogens with zero attached hydrogens (tertiary/aromatic N) is 2. The van der Waals surface area contributed by atoms with Gasteiger partial charge in [-0.2, -0.15) is 0 Å². The van der Waals surface area contributed by atoms with Gasteiger partial charge in [-0.3, -0.25) is 4.79 Å². The van der Waals surface area contributed by atoms with Crippen molar-refractivity contribution in [2.45, 2.75) is 38.0 Å². The van der Waals surface area contributed by atoms with Crippen LogP contribution in [0.15, 0.2) is 16.6 Å². The molecule has 0 spiro atoms. The van der Waals surface area contributed by atoms with E-state index in [-0.39, 0.29) is 12.2 Å². The van der Waals surface area contributed by atoms with E-state index in [1.165, 1.54) is 6.08 Å². The van der Waals surface area contributed by atoms with Crippen LogP contribution in [0.1, 0.15) is 25.7 Å². The highest BCUT2D eigenvalue weighted by Crippen LogP contribution is 2.19. The molecule has 22 heavy (non-hydrogen) atoms. The van der Waals surface area contributed by atoms with E-state index < -0.39 is 24.2 Å². The van der Waals surface area contributed by atoms with Crippen molar-refractivity contribution in [3.05, 3.63) is 11.6 Å². The molecule has 2 aliphatic heterocycles. The quantitative estimate of drug-likeness (QED) is 0.529. The molecule has 1 saturated heterocycles. The van der Waals surface area contributed by atoms with Gasteiger partial charge in [0.2, 0.25) is 6.04 Å². The van der Waals surface area contributed by atoms with E-state index in [9.17, 15) is 14.4 Å². The lowest BCUT2D eigenvalue weighted by Gasteiger charge is -2.17. The summed E-state index contributed by atoms with van der Waals surface area (Å²) < 4.78 is 6.49. The topological polar surface area (TPSA) is 116 Å². The van der Waals surface area contributed by atoms with Crippen LogP contribution >= 0.6 is 0 Å². The van der Waals surface area contributed by atoms with Gasteiger partial charge in [-0.25, -0.2) is 19.2 Å². The number of hydrogen-bond acceptors (Lipinski definition) is 5. The normalized spacial score (nSPS) is 26.3. The van der Waals surface area contributed by atoms with Crippen LogP contribution in [0.3, 0.4) is 0 Å². The van der Waals surface area contributed by atoms with Crippen LogP contribution in [0.5, 0.6) is 0 Å². The molecule has 1 fully saturated rings. The fourth-order valence-corrected chi connectivity index (χ4v) is 2.62. The minimum Gasteiger partial charge on any atom is -0.477 e. The molecule has 8 nitrogen and oxygen atoms in total. The molecule has 0 bridgehead atoms. The Morgan fingerprint density at radius 1 is 1.45 bits per heavy atom. The fourth-order valence-electron chi connectivity index (χ4n) is 2.62. The second-order valence-electron chi connectivity index (χ2n) is 5.13. The van der Waals surface area contributed by atoms with Crippen molar-refractivity contribution < 1.29 is 33.9 Å². The zero-order valence-corrected chi connectivity index (χ0v) is 11.8. The molecule has 0 amide bonds. The van der Waals surface area contributed by atoms with Crippen molar-refractivity contribution in [2.75, 3.05) is 6.54 Å². The minimum atomic E-state index is -1.19. The molecule has 2 heterocycles. The first-order chi connectivity index (χ1) is 10.5. The van der Waals surface area contributed by atoms with Crippen LogP contribution in [-0.4, -0.2) is 63.9 Å². The van der Waals surface area contributed by atoms with Gasteiger partial charge in [0.1, 0.15) is 18.5 Å². The Labute approximate surface area is 126 Å². The van der Waals surface area contributed by atoms with Crippen molar-refractivity contribution in [1.82, 2.24) is 0 Å². The summed E-state index contributed by atoms with van der Waals surface area (Å²) >= 11 is 0. The molecule has 0 aromatic carbocycles. The van der Waals surface area contributed by atoms with Gasteiger partial charge in [0.15, 0.2) is 6.23 Å². The van der Waals surface area contributed by atoms with Gasteiger partial charge in [-0.15, -0.1) is 0 Å². The average Bonchev–Trinajstić information content (AvgIpc) is 2.94. The Morgan fingerprint density at radius 3 is 2.86 bits per heavy atom. The largest absolute Gasteiger partial charge is 0.477 e. The molecule has 0 radical (unpaired) electrons. The molecule has 2 N–H and O–H groups in total. The second kappa shape index (κ2) is 6.97. The molecule has 2 rings (SSSR count). The molecule has 0 aromatic heterocycles. The van der Waals surface area contributed by atoms with Crippen molar-refractivity contribution in [2.24, 2.45) is 4.99 Å². The number of carbonyl (C=O) groups excluding carboxylic acids is 1. The Kier molecular flexibility index (Phi) is 5.03. The van der Waals surface area contributed by atoms with E-state index in [0.717, 1.165) is 12.0 Å². The van der Waals surface area contributed by atoms with E-state index in [4.69, 9.17) is 14.9 Å². The van der Waals surface area contributed by atoms with Crippen LogP contribution in [0.4, 0.5) is 0 Å².